The van der Waals surface area contributed by atoms with E-state index in [-0.39, 0.29) is 6.10 Å². The number of benzene rings is 1. The fourth-order valence-corrected chi connectivity index (χ4v) is 2.59. The molecule has 0 fully saturated rings. The minimum Gasteiger partial charge on any atom is -0.484 e. The summed E-state index contributed by atoms with van der Waals surface area (Å²) in [6.07, 6.45) is 1.37. The van der Waals surface area contributed by atoms with Crippen molar-refractivity contribution in [3.8, 4) is 5.75 Å². The first-order valence-electron chi connectivity index (χ1n) is 5.89. The van der Waals surface area contributed by atoms with Crippen LogP contribution in [0.25, 0.3) is 0 Å². The smallest absolute Gasteiger partial charge is 0.143 e. The molecule has 0 spiro atoms. The molecule has 5 heteroatoms. The molecule has 2 unspecified atom stereocenters. The van der Waals surface area contributed by atoms with Gasteiger partial charge in [-0.15, -0.1) is 0 Å². The molecule has 1 aliphatic heterocycles. The third kappa shape index (κ3) is 2.61. The molecule has 1 aromatic heterocycles. The van der Waals surface area contributed by atoms with E-state index in [0.717, 1.165) is 15.7 Å². The highest BCUT2D eigenvalue weighted by atomic mass is 79.9. The first-order chi connectivity index (χ1) is 9.13. The normalized spacial score (nSPS) is 21.6. The third-order valence-electron chi connectivity index (χ3n) is 3.12. The van der Waals surface area contributed by atoms with Crippen molar-refractivity contribution in [3.05, 3.63) is 57.3 Å². The Morgan fingerprint density at radius 2 is 2.16 bits per heavy atom. The molecule has 0 saturated heterocycles. The predicted molar refractivity (Wildman–Crippen MR) is 76.3 cm³/mol. The van der Waals surface area contributed by atoms with Crippen molar-refractivity contribution >= 4 is 27.5 Å². The largest absolute Gasteiger partial charge is 0.484 e. The van der Waals surface area contributed by atoms with Gasteiger partial charge in [-0.05, 0) is 46.3 Å². The summed E-state index contributed by atoms with van der Waals surface area (Å²) in [4.78, 5) is 4.32. The van der Waals surface area contributed by atoms with Gasteiger partial charge in [0.15, 0.2) is 0 Å². The first kappa shape index (κ1) is 12.9. The van der Waals surface area contributed by atoms with Gasteiger partial charge >= 0.3 is 0 Å². The number of nitrogens with zero attached hydrogens (tertiary/aromatic N) is 1. The average molecular weight is 341 g/mol. The number of aliphatic hydroxyl groups is 1. The number of hydrogen-bond acceptors (Lipinski definition) is 3. The summed E-state index contributed by atoms with van der Waals surface area (Å²) in [5, 5.41) is 10.8. The van der Waals surface area contributed by atoms with E-state index in [4.69, 9.17) is 16.3 Å². The summed E-state index contributed by atoms with van der Waals surface area (Å²) in [5.41, 5.74) is 1.55. The lowest BCUT2D eigenvalue weighted by molar-refractivity contribution is 0.0637. The van der Waals surface area contributed by atoms with Crippen LogP contribution in [0.1, 0.15) is 29.9 Å². The van der Waals surface area contributed by atoms with Crippen LogP contribution in [0.4, 0.5) is 0 Å². The van der Waals surface area contributed by atoms with Crippen molar-refractivity contribution in [1.29, 1.82) is 0 Å². The van der Waals surface area contributed by atoms with Crippen LogP contribution in [0.5, 0.6) is 5.75 Å². The molecule has 2 aromatic rings. The number of ether oxygens (including phenoxy) is 1. The molecule has 2 heterocycles. The second kappa shape index (κ2) is 5.12. The number of hydrogen-bond donors (Lipinski definition) is 1. The highest BCUT2D eigenvalue weighted by molar-refractivity contribution is 9.10. The van der Waals surface area contributed by atoms with Crippen molar-refractivity contribution in [3.63, 3.8) is 0 Å². The SMILES string of the molecule is OC1CC(c2ccc(Br)cn2)Oc2ccc(Cl)cc21. The van der Waals surface area contributed by atoms with Crippen LogP contribution in [-0.2, 0) is 0 Å². The highest BCUT2D eigenvalue weighted by Gasteiger charge is 2.28. The molecule has 0 saturated carbocycles. The van der Waals surface area contributed by atoms with Gasteiger partial charge in [0, 0.05) is 27.7 Å². The van der Waals surface area contributed by atoms with Crippen LogP contribution >= 0.6 is 27.5 Å². The zero-order chi connectivity index (χ0) is 13.4. The van der Waals surface area contributed by atoms with Crippen molar-refractivity contribution in [2.75, 3.05) is 0 Å². The van der Waals surface area contributed by atoms with Crippen LogP contribution in [-0.4, -0.2) is 10.1 Å². The Labute approximate surface area is 124 Å². The Hall–Kier alpha value is -1.10. The summed E-state index contributed by atoms with van der Waals surface area (Å²) in [6.45, 7) is 0. The quantitative estimate of drug-likeness (QED) is 0.851. The standard InChI is InChI=1S/C14H11BrClNO2/c15-8-1-3-11(17-7-8)14-6-12(18)10-5-9(16)2-4-13(10)19-14/h1-5,7,12,14,18H,6H2. The van der Waals surface area contributed by atoms with Gasteiger partial charge < -0.3 is 9.84 Å². The van der Waals surface area contributed by atoms with Gasteiger partial charge in [-0.25, -0.2) is 0 Å². The average Bonchev–Trinajstić information content (AvgIpc) is 2.40. The van der Waals surface area contributed by atoms with Crippen molar-refractivity contribution in [2.45, 2.75) is 18.6 Å². The molecule has 1 aromatic carbocycles. The van der Waals surface area contributed by atoms with Crippen molar-refractivity contribution in [1.82, 2.24) is 4.98 Å². The number of halogens is 2. The number of pyridine rings is 1. The monoisotopic (exact) mass is 339 g/mol. The maximum absolute atomic E-state index is 10.2. The number of fused-ring (bicyclic) bond motifs is 1. The lowest BCUT2D eigenvalue weighted by Crippen LogP contribution is -2.19. The molecule has 0 aliphatic carbocycles. The lowest BCUT2D eigenvalue weighted by Gasteiger charge is -2.29. The molecule has 0 amide bonds. The predicted octanol–water partition coefficient (Wildman–Crippen LogP) is 4.05. The van der Waals surface area contributed by atoms with Gasteiger partial charge in [-0.3, -0.25) is 4.98 Å². The lowest BCUT2D eigenvalue weighted by atomic mass is 9.97. The third-order valence-corrected chi connectivity index (χ3v) is 3.82. The summed E-state index contributed by atoms with van der Waals surface area (Å²) in [7, 11) is 0. The van der Waals surface area contributed by atoms with Gasteiger partial charge in [-0.1, -0.05) is 11.6 Å². The molecular formula is C14H11BrClNO2. The zero-order valence-electron chi connectivity index (χ0n) is 9.88. The van der Waals surface area contributed by atoms with Crippen LogP contribution in [0.3, 0.4) is 0 Å². The maximum Gasteiger partial charge on any atom is 0.143 e. The summed E-state index contributed by atoms with van der Waals surface area (Å²) in [6, 6.07) is 9.08. The van der Waals surface area contributed by atoms with E-state index in [1.165, 1.54) is 0 Å². The molecular weight excluding hydrogens is 330 g/mol. The van der Waals surface area contributed by atoms with E-state index in [2.05, 4.69) is 20.9 Å². The second-order valence-corrected chi connectivity index (χ2v) is 5.79. The van der Waals surface area contributed by atoms with Gasteiger partial charge in [0.2, 0.25) is 0 Å². The number of aromatic nitrogens is 1. The van der Waals surface area contributed by atoms with E-state index >= 15 is 0 Å². The Bertz CT molecular complexity index is 603. The van der Waals surface area contributed by atoms with E-state index in [0.29, 0.717) is 17.2 Å². The molecule has 2 atom stereocenters. The molecule has 98 valence electrons. The van der Waals surface area contributed by atoms with Crippen LogP contribution in [0.15, 0.2) is 41.0 Å². The van der Waals surface area contributed by atoms with Gasteiger partial charge in [0.25, 0.3) is 0 Å². The van der Waals surface area contributed by atoms with Gasteiger partial charge in [0.1, 0.15) is 11.9 Å². The minimum absolute atomic E-state index is 0.239. The molecule has 1 aliphatic rings. The van der Waals surface area contributed by atoms with E-state index in [1.807, 2.05) is 12.1 Å². The Balaban J connectivity index is 1.92. The van der Waals surface area contributed by atoms with Crippen LogP contribution in [0.2, 0.25) is 5.02 Å². The first-order valence-corrected chi connectivity index (χ1v) is 7.06. The molecule has 1 N–H and O–H groups in total. The fraction of sp³-hybridized carbons (Fsp3) is 0.214. The zero-order valence-corrected chi connectivity index (χ0v) is 12.2. The Kier molecular flexibility index (Phi) is 3.48. The summed E-state index contributed by atoms with van der Waals surface area (Å²) >= 11 is 9.28. The van der Waals surface area contributed by atoms with Crippen molar-refractivity contribution in [2.24, 2.45) is 0 Å². The number of rotatable bonds is 1. The van der Waals surface area contributed by atoms with Gasteiger partial charge in [0.05, 0.1) is 11.8 Å². The Morgan fingerprint density at radius 1 is 1.32 bits per heavy atom. The topological polar surface area (TPSA) is 42.4 Å². The molecule has 0 bridgehead atoms. The van der Waals surface area contributed by atoms with Crippen LogP contribution in [0, 0.1) is 0 Å². The molecule has 3 nitrogen and oxygen atoms in total. The summed E-state index contributed by atoms with van der Waals surface area (Å²) in [5.74, 6) is 0.665. The van der Waals surface area contributed by atoms with Gasteiger partial charge in [-0.2, -0.15) is 0 Å². The van der Waals surface area contributed by atoms with E-state index in [1.54, 1.807) is 24.4 Å². The maximum atomic E-state index is 10.2. The van der Waals surface area contributed by atoms with Crippen LogP contribution < -0.4 is 4.74 Å². The summed E-state index contributed by atoms with van der Waals surface area (Å²) < 4.78 is 6.80. The van der Waals surface area contributed by atoms with E-state index in [9.17, 15) is 5.11 Å². The number of aliphatic hydroxyl groups excluding tert-OH is 1. The minimum atomic E-state index is -0.585. The Morgan fingerprint density at radius 3 is 2.89 bits per heavy atom. The van der Waals surface area contributed by atoms with E-state index < -0.39 is 6.10 Å². The molecule has 3 rings (SSSR count). The fourth-order valence-electron chi connectivity index (χ4n) is 2.18. The molecule has 19 heavy (non-hydrogen) atoms. The molecule has 0 radical (unpaired) electrons. The highest BCUT2D eigenvalue weighted by Crippen LogP contribution is 2.41. The van der Waals surface area contributed by atoms with Crippen molar-refractivity contribution < 1.29 is 9.84 Å². The second-order valence-electron chi connectivity index (χ2n) is 4.44.